The third-order valence-corrected chi connectivity index (χ3v) is 2.42. The minimum absolute atomic E-state index is 0. The number of hydrogen-bond acceptors (Lipinski definition) is 2. The highest BCUT2D eigenvalue weighted by molar-refractivity contribution is 6.31. The number of hydrogen-bond donors (Lipinski definition) is 2. The van der Waals surface area contributed by atoms with E-state index >= 15 is 0 Å². The highest BCUT2D eigenvalue weighted by atomic mass is 35.5. The van der Waals surface area contributed by atoms with E-state index in [1.807, 2.05) is 0 Å². The van der Waals surface area contributed by atoms with Crippen molar-refractivity contribution in [2.24, 2.45) is 11.5 Å². The van der Waals surface area contributed by atoms with Crippen molar-refractivity contribution >= 4 is 24.0 Å². The van der Waals surface area contributed by atoms with Crippen molar-refractivity contribution in [3.8, 4) is 0 Å². The van der Waals surface area contributed by atoms with Crippen molar-refractivity contribution in [1.82, 2.24) is 0 Å². The molecule has 0 radical (unpaired) electrons. The minimum Gasteiger partial charge on any atom is -0.330 e. The average molecular weight is 253 g/mol. The van der Waals surface area contributed by atoms with Gasteiger partial charge in [-0.2, -0.15) is 0 Å². The smallest absolute Gasteiger partial charge is 0.123 e. The average Bonchev–Trinajstić information content (AvgIpc) is 2.18. The Morgan fingerprint density at radius 1 is 1.40 bits per heavy atom. The molecule has 0 saturated carbocycles. The Bertz CT molecular complexity index is 307. The molecule has 86 valence electrons. The number of rotatable bonds is 4. The quantitative estimate of drug-likeness (QED) is 0.866. The van der Waals surface area contributed by atoms with Gasteiger partial charge in [0.05, 0.1) is 0 Å². The number of benzene rings is 1. The lowest BCUT2D eigenvalue weighted by Gasteiger charge is -2.12. The predicted octanol–water partition coefficient (Wildman–Crippen LogP) is 2.64. The van der Waals surface area contributed by atoms with Crippen molar-refractivity contribution in [1.29, 1.82) is 0 Å². The maximum atomic E-state index is 12.9. The molecule has 0 aliphatic carbocycles. The van der Waals surface area contributed by atoms with E-state index in [1.165, 1.54) is 18.2 Å². The zero-order valence-electron chi connectivity index (χ0n) is 8.25. The van der Waals surface area contributed by atoms with Crippen LogP contribution in [-0.4, -0.2) is 6.54 Å². The third-order valence-electron chi connectivity index (χ3n) is 2.08. The second-order valence-electron chi connectivity index (χ2n) is 3.20. The van der Waals surface area contributed by atoms with E-state index in [1.54, 1.807) is 0 Å². The zero-order chi connectivity index (χ0) is 10.6. The van der Waals surface area contributed by atoms with Gasteiger partial charge in [-0.3, -0.25) is 0 Å². The van der Waals surface area contributed by atoms with Gasteiger partial charge in [0.15, 0.2) is 0 Å². The molecule has 1 atom stereocenters. The summed E-state index contributed by atoms with van der Waals surface area (Å²) in [5, 5.41) is 0.510. The molecule has 0 aromatic heterocycles. The molecule has 5 heteroatoms. The topological polar surface area (TPSA) is 52.0 Å². The fraction of sp³-hybridized carbons (Fsp3) is 0.400. The van der Waals surface area contributed by atoms with Crippen LogP contribution in [0.15, 0.2) is 18.2 Å². The summed E-state index contributed by atoms with van der Waals surface area (Å²) in [4.78, 5) is 0. The molecular formula is C10H15Cl2FN2. The van der Waals surface area contributed by atoms with Crippen molar-refractivity contribution < 1.29 is 4.39 Å². The van der Waals surface area contributed by atoms with E-state index in [9.17, 15) is 4.39 Å². The second kappa shape index (κ2) is 7.01. The first-order valence-corrected chi connectivity index (χ1v) is 4.93. The summed E-state index contributed by atoms with van der Waals surface area (Å²) in [5.74, 6) is -0.312. The van der Waals surface area contributed by atoms with Gasteiger partial charge in [0, 0.05) is 11.1 Å². The van der Waals surface area contributed by atoms with Crippen LogP contribution in [0.2, 0.25) is 5.02 Å². The van der Waals surface area contributed by atoms with Gasteiger partial charge in [0.2, 0.25) is 0 Å². The lowest BCUT2D eigenvalue weighted by Crippen LogP contribution is -2.13. The van der Waals surface area contributed by atoms with Gasteiger partial charge in [0.1, 0.15) is 5.82 Å². The molecule has 0 bridgehead atoms. The summed E-state index contributed by atoms with van der Waals surface area (Å²) < 4.78 is 12.9. The van der Waals surface area contributed by atoms with Gasteiger partial charge in [-0.1, -0.05) is 11.6 Å². The monoisotopic (exact) mass is 252 g/mol. The third kappa shape index (κ3) is 4.34. The standard InChI is InChI=1S/C10H14ClFN2.ClH/c11-9-4-3-7(12)6-8(9)10(14)2-1-5-13;/h3-4,6,10H,1-2,5,13-14H2;1H/t10-;/m0./s1. The molecule has 15 heavy (non-hydrogen) atoms. The number of nitrogens with two attached hydrogens (primary N) is 2. The van der Waals surface area contributed by atoms with Crippen LogP contribution in [0.4, 0.5) is 4.39 Å². The molecule has 0 aliphatic rings. The van der Waals surface area contributed by atoms with Gasteiger partial charge >= 0.3 is 0 Å². The molecule has 0 spiro atoms. The summed E-state index contributed by atoms with van der Waals surface area (Å²) in [6, 6.07) is 3.99. The lowest BCUT2D eigenvalue weighted by atomic mass is 10.0. The van der Waals surface area contributed by atoms with Crippen LogP contribution in [0, 0.1) is 5.82 Å². The maximum absolute atomic E-state index is 12.9. The Kier molecular flexibility index (Phi) is 6.85. The first-order chi connectivity index (χ1) is 6.65. The molecule has 1 aromatic carbocycles. The molecule has 1 aromatic rings. The van der Waals surface area contributed by atoms with Gasteiger partial charge in [-0.25, -0.2) is 4.39 Å². The Balaban J connectivity index is 0.00000196. The van der Waals surface area contributed by atoms with E-state index in [2.05, 4.69) is 0 Å². The van der Waals surface area contributed by atoms with Crippen molar-refractivity contribution in [2.75, 3.05) is 6.54 Å². The molecule has 0 saturated heterocycles. The van der Waals surface area contributed by atoms with Crippen molar-refractivity contribution in [3.05, 3.63) is 34.6 Å². The Hall–Kier alpha value is -0.350. The van der Waals surface area contributed by atoms with Crippen LogP contribution in [0.1, 0.15) is 24.4 Å². The van der Waals surface area contributed by atoms with E-state index in [4.69, 9.17) is 23.1 Å². The van der Waals surface area contributed by atoms with Crippen molar-refractivity contribution in [2.45, 2.75) is 18.9 Å². The van der Waals surface area contributed by atoms with Crippen LogP contribution in [0.3, 0.4) is 0 Å². The van der Waals surface area contributed by atoms with Gasteiger partial charge in [-0.05, 0) is 43.1 Å². The molecule has 0 amide bonds. The molecule has 0 unspecified atom stereocenters. The van der Waals surface area contributed by atoms with Crippen LogP contribution in [0.25, 0.3) is 0 Å². The van der Waals surface area contributed by atoms with Crippen LogP contribution >= 0.6 is 24.0 Å². The molecule has 0 heterocycles. The second-order valence-corrected chi connectivity index (χ2v) is 3.61. The highest BCUT2D eigenvalue weighted by Crippen LogP contribution is 2.24. The molecular weight excluding hydrogens is 238 g/mol. The SMILES string of the molecule is Cl.NCCC[C@H](N)c1cc(F)ccc1Cl. The summed E-state index contributed by atoms with van der Waals surface area (Å²) in [6.07, 6.45) is 1.54. The Morgan fingerprint density at radius 3 is 2.67 bits per heavy atom. The largest absolute Gasteiger partial charge is 0.330 e. The maximum Gasteiger partial charge on any atom is 0.123 e. The molecule has 1 rings (SSSR count). The summed E-state index contributed by atoms with van der Waals surface area (Å²) in [7, 11) is 0. The van der Waals surface area contributed by atoms with E-state index < -0.39 is 0 Å². The lowest BCUT2D eigenvalue weighted by molar-refractivity contribution is 0.597. The van der Waals surface area contributed by atoms with Crippen LogP contribution < -0.4 is 11.5 Å². The molecule has 0 aliphatic heterocycles. The van der Waals surface area contributed by atoms with E-state index in [0.29, 0.717) is 17.1 Å². The highest BCUT2D eigenvalue weighted by Gasteiger charge is 2.10. The fourth-order valence-corrected chi connectivity index (χ4v) is 1.55. The summed E-state index contributed by atoms with van der Waals surface area (Å²) in [5.41, 5.74) is 11.9. The fourth-order valence-electron chi connectivity index (χ4n) is 1.29. The summed E-state index contributed by atoms with van der Waals surface area (Å²) >= 11 is 5.89. The predicted molar refractivity (Wildman–Crippen MR) is 63.9 cm³/mol. The normalized spacial score (nSPS) is 12.0. The van der Waals surface area contributed by atoms with Gasteiger partial charge in [-0.15, -0.1) is 12.4 Å². The van der Waals surface area contributed by atoms with Crippen molar-refractivity contribution in [3.63, 3.8) is 0 Å². The molecule has 2 nitrogen and oxygen atoms in total. The van der Waals surface area contributed by atoms with Crippen LogP contribution in [0.5, 0.6) is 0 Å². The first kappa shape index (κ1) is 14.6. The Labute approximate surface area is 100 Å². The van der Waals surface area contributed by atoms with E-state index in [0.717, 1.165) is 12.8 Å². The first-order valence-electron chi connectivity index (χ1n) is 4.55. The number of halogens is 3. The zero-order valence-corrected chi connectivity index (χ0v) is 9.82. The van der Waals surface area contributed by atoms with Gasteiger partial charge < -0.3 is 11.5 Å². The Morgan fingerprint density at radius 2 is 2.07 bits per heavy atom. The summed E-state index contributed by atoms with van der Waals surface area (Å²) in [6.45, 7) is 0.584. The van der Waals surface area contributed by atoms with Crippen LogP contribution in [-0.2, 0) is 0 Å². The van der Waals surface area contributed by atoms with Gasteiger partial charge in [0.25, 0.3) is 0 Å². The van der Waals surface area contributed by atoms with E-state index in [-0.39, 0.29) is 24.3 Å². The minimum atomic E-state index is -0.312. The molecule has 4 N–H and O–H groups in total. The molecule has 0 fully saturated rings.